The number of likely N-dealkylation sites (N-methyl/N-ethyl adjacent to an activating group) is 1. The number of benzene rings is 2. The average molecular weight is 663 g/mol. The molecular weight excluding hydrogens is 612 g/mol. The van der Waals surface area contributed by atoms with Crippen molar-refractivity contribution >= 4 is 28.3 Å². The number of methoxy groups -OCH3 is 2. The Balaban J connectivity index is 1.22. The molecule has 10 atom stereocenters. The van der Waals surface area contributed by atoms with Gasteiger partial charge in [-0.15, -0.1) is 0 Å². The van der Waals surface area contributed by atoms with E-state index in [-0.39, 0.29) is 35.7 Å². The average Bonchev–Trinajstić information content (AvgIpc) is 3.60. The molecule has 258 valence electrons. The first-order valence-electron chi connectivity index (χ1n) is 18.6. The van der Waals surface area contributed by atoms with E-state index >= 15 is 0 Å². The number of aliphatic imine (C=N–C) groups is 1. The Kier molecular flexibility index (Phi) is 7.42. The number of piperidine rings is 3. The summed E-state index contributed by atoms with van der Waals surface area (Å²) in [6.07, 6.45) is 7.95. The molecule has 2 aliphatic carbocycles. The molecule has 3 aromatic rings. The van der Waals surface area contributed by atoms with Crippen molar-refractivity contribution < 1.29 is 19.4 Å². The first kappa shape index (κ1) is 31.5. The van der Waals surface area contributed by atoms with Gasteiger partial charge in [0.25, 0.3) is 0 Å². The summed E-state index contributed by atoms with van der Waals surface area (Å²) in [5, 5.41) is 13.9. The van der Waals surface area contributed by atoms with Crippen LogP contribution in [0, 0.1) is 29.6 Å². The fraction of sp³-hybridized carbons (Fsp3) is 0.561. The van der Waals surface area contributed by atoms with E-state index < -0.39 is 5.60 Å². The van der Waals surface area contributed by atoms with Gasteiger partial charge in [-0.25, -0.2) is 0 Å². The van der Waals surface area contributed by atoms with Crippen LogP contribution in [-0.4, -0.2) is 84.6 Å². The van der Waals surface area contributed by atoms with E-state index in [4.69, 9.17) is 14.5 Å². The summed E-state index contributed by atoms with van der Waals surface area (Å²) in [5.74, 6) is 1.90. The third-order valence-electron chi connectivity index (χ3n) is 13.8. The van der Waals surface area contributed by atoms with E-state index in [9.17, 15) is 9.90 Å². The Morgan fingerprint density at radius 3 is 2.78 bits per heavy atom. The number of hydrogen-bond acceptors (Lipinski definition) is 7. The monoisotopic (exact) mass is 662 g/mol. The lowest BCUT2D eigenvalue weighted by molar-refractivity contribution is -0.151. The molecule has 0 spiro atoms. The lowest BCUT2D eigenvalue weighted by Crippen LogP contribution is -2.58. The number of esters is 1. The highest BCUT2D eigenvalue weighted by molar-refractivity contribution is 6.03. The SMILES string of the molecule is C/C=C1/CN(C)[C@H]2Cc3c([nH]c4ccccc34)[C@H](c3cc4c(cc3OC)[C@@]3(O)CCN5CC6C[C@H](CC)[C@H]5[C@@H](C6)C3=N4)C[C@@H]1[C@@H]2C(=O)OC. The van der Waals surface area contributed by atoms with Crippen molar-refractivity contribution in [2.24, 2.45) is 34.6 Å². The zero-order chi connectivity index (χ0) is 33.8. The third kappa shape index (κ3) is 4.52. The van der Waals surface area contributed by atoms with Crippen LogP contribution in [0.1, 0.15) is 74.3 Å². The van der Waals surface area contributed by atoms with E-state index in [1.165, 1.54) is 42.2 Å². The van der Waals surface area contributed by atoms with Gasteiger partial charge in [0.1, 0.15) is 11.4 Å². The van der Waals surface area contributed by atoms with Crippen molar-refractivity contribution in [3.8, 4) is 5.75 Å². The van der Waals surface area contributed by atoms with Crippen LogP contribution in [0.5, 0.6) is 5.75 Å². The number of rotatable bonds is 4. The number of allylic oxidation sites excluding steroid dienone is 1. The van der Waals surface area contributed by atoms with Gasteiger partial charge in [0.15, 0.2) is 0 Å². The Labute approximate surface area is 289 Å². The first-order valence-corrected chi connectivity index (χ1v) is 18.6. The predicted molar refractivity (Wildman–Crippen MR) is 192 cm³/mol. The molecule has 0 radical (unpaired) electrons. The second-order valence-electron chi connectivity index (χ2n) is 15.9. The highest BCUT2D eigenvalue weighted by Crippen LogP contribution is 2.56. The Hall–Kier alpha value is -3.46. The van der Waals surface area contributed by atoms with Gasteiger partial charge in [-0.1, -0.05) is 43.2 Å². The van der Waals surface area contributed by atoms with Gasteiger partial charge in [-0.2, -0.15) is 0 Å². The second kappa shape index (κ2) is 11.5. The molecule has 6 bridgehead atoms. The minimum Gasteiger partial charge on any atom is -0.496 e. The molecule has 2 unspecified atom stereocenters. The molecule has 49 heavy (non-hydrogen) atoms. The van der Waals surface area contributed by atoms with Gasteiger partial charge in [-0.3, -0.25) is 19.6 Å². The zero-order valence-corrected chi connectivity index (χ0v) is 29.5. The van der Waals surface area contributed by atoms with E-state index in [0.717, 1.165) is 72.7 Å². The number of likely N-dealkylation sites (tertiary alicyclic amines) is 1. The number of aromatic nitrogens is 1. The highest BCUT2D eigenvalue weighted by Gasteiger charge is 2.57. The molecule has 5 aliphatic heterocycles. The quantitative estimate of drug-likeness (QED) is 0.251. The van der Waals surface area contributed by atoms with Gasteiger partial charge < -0.3 is 19.6 Å². The summed E-state index contributed by atoms with van der Waals surface area (Å²) in [6.45, 7) is 7.30. The summed E-state index contributed by atoms with van der Waals surface area (Å²) < 4.78 is 11.8. The Morgan fingerprint density at radius 2 is 2.00 bits per heavy atom. The van der Waals surface area contributed by atoms with Crippen molar-refractivity contribution in [1.29, 1.82) is 0 Å². The number of hydrogen-bond donors (Lipinski definition) is 2. The topological polar surface area (TPSA) is 90.4 Å². The van der Waals surface area contributed by atoms with Gasteiger partial charge in [0, 0.05) is 71.3 Å². The lowest BCUT2D eigenvalue weighted by Gasteiger charge is -2.53. The van der Waals surface area contributed by atoms with E-state index in [1.807, 2.05) is 0 Å². The number of nitrogens with zero attached hydrogens (tertiary/aromatic N) is 3. The molecule has 0 amide bonds. The number of carbonyl (C=O) groups is 1. The summed E-state index contributed by atoms with van der Waals surface area (Å²) in [7, 11) is 5.41. The van der Waals surface area contributed by atoms with Crippen LogP contribution in [0.25, 0.3) is 10.9 Å². The summed E-state index contributed by atoms with van der Waals surface area (Å²) in [4.78, 5) is 28.0. The van der Waals surface area contributed by atoms with Crippen LogP contribution in [0.2, 0.25) is 0 Å². The standard InChI is InChI=1S/C41H50N4O4/c1-6-23-14-22-15-30-38(23)45(20-22)13-12-41(47)31-19-35(48-4)27(17-33(31)43-39(30)41)28-16-26-24(7-2)21-44(3)34(36(26)40(46)49-5)18-29-25-10-8-9-11-32(25)42-37(28)29/h7-11,17,19,22-23,26,28,30,34,36,38,42,47H,6,12-16,18,20-21H2,1-5H3/b24-7-/t22?,23-,26-,28-,30+,34-,36-,38-,41-/m0/s1. The van der Waals surface area contributed by atoms with Gasteiger partial charge >= 0.3 is 5.97 Å². The van der Waals surface area contributed by atoms with Crippen LogP contribution >= 0.6 is 0 Å². The van der Waals surface area contributed by atoms with Crippen molar-refractivity contribution in [3.63, 3.8) is 0 Å². The van der Waals surface area contributed by atoms with E-state index in [1.54, 1.807) is 7.11 Å². The first-order chi connectivity index (χ1) is 23.8. The predicted octanol–water partition coefficient (Wildman–Crippen LogP) is 6.33. The Morgan fingerprint density at radius 1 is 1.16 bits per heavy atom. The van der Waals surface area contributed by atoms with Crippen molar-refractivity contribution in [1.82, 2.24) is 14.8 Å². The molecule has 1 saturated carbocycles. The fourth-order valence-electron chi connectivity index (χ4n) is 11.6. The minimum absolute atomic E-state index is 0.0116. The summed E-state index contributed by atoms with van der Waals surface area (Å²) >= 11 is 0. The van der Waals surface area contributed by atoms with Crippen LogP contribution < -0.4 is 4.74 Å². The number of aromatic amines is 1. The smallest absolute Gasteiger partial charge is 0.310 e. The number of H-pyrrole nitrogens is 1. The summed E-state index contributed by atoms with van der Waals surface area (Å²) in [5.41, 5.74) is 7.58. The lowest BCUT2D eigenvalue weighted by atomic mass is 9.63. The molecule has 2 N–H and O–H groups in total. The molecule has 8 heteroatoms. The van der Waals surface area contributed by atoms with Crippen LogP contribution in [0.4, 0.5) is 5.69 Å². The van der Waals surface area contributed by atoms with E-state index in [0.29, 0.717) is 24.3 Å². The van der Waals surface area contributed by atoms with Crippen molar-refractivity contribution in [2.75, 3.05) is 40.9 Å². The van der Waals surface area contributed by atoms with Gasteiger partial charge in [-0.05, 0) is 87.6 Å². The maximum Gasteiger partial charge on any atom is 0.310 e. The van der Waals surface area contributed by atoms with Crippen LogP contribution in [0.15, 0.2) is 53.0 Å². The molecule has 6 heterocycles. The molecule has 4 saturated heterocycles. The zero-order valence-electron chi connectivity index (χ0n) is 29.5. The fourth-order valence-corrected chi connectivity index (χ4v) is 11.6. The maximum atomic E-state index is 13.7. The van der Waals surface area contributed by atoms with Crippen molar-refractivity contribution in [3.05, 3.63) is 70.4 Å². The van der Waals surface area contributed by atoms with E-state index in [2.05, 4.69) is 78.2 Å². The van der Waals surface area contributed by atoms with Crippen LogP contribution in [-0.2, 0) is 21.6 Å². The number of aliphatic hydroxyl groups is 1. The van der Waals surface area contributed by atoms with Crippen LogP contribution in [0.3, 0.4) is 0 Å². The van der Waals surface area contributed by atoms with Gasteiger partial charge in [0.05, 0.1) is 31.5 Å². The number of fused-ring (bicyclic) bond motifs is 9. The largest absolute Gasteiger partial charge is 0.496 e. The minimum atomic E-state index is -1.08. The number of para-hydroxylation sites is 1. The van der Waals surface area contributed by atoms with Crippen molar-refractivity contribution in [2.45, 2.75) is 76.0 Å². The molecule has 1 aromatic heterocycles. The summed E-state index contributed by atoms with van der Waals surface area (Å²) in [6, 6.07) is 13.4. The molecular formula is C41H50N4O4. The normalized spacial score (nSPS) is 37.1. The molecule has 5 fully saturated rings. The number of nitrogens with one attached hydrogen (secondary N) is 1. The molecule has 2 aromatic carbocycles. The molecule has 7 aliphatic rings. The number of carbonyl (C=O) groups excluding carboxylic acids is 1. The molecule has 8 nitrogen and oxygen atoms in total. The highest BCUT2D eigenvalue weighted by atomic mass is 16.5. The van der Waals surface area contributed by atoms with Gasteiger partial charge in [0.2, 0.25) is 0 Å². The maximum absolute atomic E-state index is 13.7. The number of ether oxygens (including phenoxy) is 2. The second-order valence-corrected chi connectivity index (χ2v) is 15.9. The Bertz CT molecular complexity index is 1890. The third-order valence-corrected chi connectivity index (χ3v) is 13.8. The molecule has 10 rings (SSSR count).